The Hall–Kier alpha value is -3.13. The molecule has 2 amide bonds. The SMILES string of the molecule is CCN(Cc1cccc2c1OCCO2)C(=O)c1cc(Cl)c(OCC(N)=O)c(OC)c1. The number of methoxy groups -OCH3 is 1. The maximum absolute atomic E-state index is 13.2. The van der Waals surface area contributed by atoms with E-state index in [2.05, 4.69) is 0 Å². The van der Waals surface area contributed by atoms with Crippen LogP contribution in [-0.2, 0) is 11.3 Å². The molecule has 0 bridgehead atoms. The van der Waals surface area contributed by atoms with Crippen LogP contribution in [0.15, 0.2) is 30.3 Å². The molecule has 0 saturated heterocycles. The molecular formula is C21H23ClN2O6. The molecule has 0 atom stereocenters. The van der Waals surface area contributed by atoms with E-state index in [4.69, 9.17) is 36.3 Å². The minimum atomic E-state index is -0.650. The van der Waals surface area contributed by atoms with Gasteiger partial charge in [0.1, 0.15) is 13.2 Å². The molecule has 3 rings (SSSR count). The van der Waals surface area contributed by atoms with E-state index in [1.54, 1.807) is 4.90 Å². The van der Waals surface area contributed by atoms with Crippen LogP contribution >= 0.6 is 11.6 Å². The highest BCUT2D eigenvalue weighted by Crippen LogP contribution is 2.37. The maximum Gasteiger partial charge on any atom is 0.255 e. The standard InChI is InChI=1S/C21H23ClN2O6/c1-3-24(11-13-5-4-6-16-19(13)29-8-7-28-16)21(26)14-9-15(22)20(17(10-14)27-2)30-12-18(23)25/h4-6,9-10H,3,7-8,11-12H2,1-2H3,(H2,23,25). The monoisotopic (exact) mass is 434 g/mol. The molecule has 1 heterocycles. The summed E-state index contributed by atoms with van der Waals surface area (Å²) < 4.78 is 22.0. The molecule has 0 fully saturated rings. The molecule has 2 N–H and O–H groups in total. The number of fused-ring (bicyclic) bond motifs is 1. The van der Waals surface area contributed by atoms with Crippen LogP contribution in [0.3, 0.4) is 0 Å². The summed E-state index contributed by atoms with van der Waals surface area (Å²) in [6, 6.07) is 8.61. The Morgan fingerprint density at radius 3 is 2.70 bits per heavy atom. The third kappa shape index (κ3) is 4.71. The van der Waals surface area contributed by atoms with Gasteiger partial charge in [-0.05, 0) is 25.1 Å². The summed E-state index contributed by atoms with van der Waals surface area (Å²) in [6.07, 6.45) is 0. The first-order valence-electron chi connectivity index (χ1n) is 9.40. The van der Waals surface area contributed by atoms with Gasteiger partial charge in [-0.25, -0.2) is 0 Å². The number of carbonyl (C=O) groups excluding carboxylic acids is 2. The number of amides is 2. The van der Waals surface area contributed by atoms with Crippen LogP contribution in [0.2, 0.25) is 5.02 Å². The highest BCUT2D eigenvalue weighted by Gasteiger charge is 2.23. The van der Waals surface area contributed by atoms with Crippen molar-refractivity contribution in [1.29, 1.82) is 0 Å². The molecular weight excluding hydrogens is 412 g/mol. The van der Waals surface area contributed by atoms with Gasteiger partial charge in [0.25, 0.3) is 11.8 Å². The Morgan fingerprint density at radius 2 is 2.00 bits per heavy atom. The quantitative estimate of drug-likeness (QED) is 0.685. The first-order chi connectivity index (χ1) is 14.4. The van der Waals surface area contributed by atoms with Gasteiger partial charge in [-0.3, -0.25) is 9.59 Å². The molecule has 0 aromatic heterocycles. The van der Waals surface area contributed by atoms with E-state index in [-0.39, 0.29) is 29.0 Å². The summed E-state index contributed by atoms with van der Waals surface area (Å²) in [5, 5.41) is 0.142. The molecule has 0 unspecified atom stereocenters. The van der Waals surface area contributed by atoms with Crippen molar-refractivity contribution in [2.45, 2.75) is 13.5 Å². The Bertz CT molecular complexity index is 949. The number of halogens is 1. The van der Waals surface area contributed by atoms with Crippen molar-refractivity contribution in [2.24, 2.45) is 5.73 Å². The van der Waals surface area contributed by atoms with Crippen molar-refractivity contribution in [1.82, 2.24) is 4.90 Å². The number of nitrogens with zero attached hydrogens (tertiary/aromatic N) is 1. The molecule has 2 aromatic carbocycles. The zero-order chi connectivity index (χ0) is 21.7. The fourth-order valence-electron chi connectivity index (χ4n) is 3.10. The second-order valence-corrected chi connectivity index (χ2v) is 6.91. The molecule has 1 aliphatic rings. The molecule has 9 heteroatoms. The summed E-state index contributed by atoms with van der Waals surface area (Å²) in [5.74, 6) is 0.817. The van der Waals surface area contributed by atoms with Gasteiger partial charge in [-0.2, -0.15) is 0 Å². The van der Waals surface area contributed by atoms with E-state index in [1.165, 1.54) is 19.2 Å². The van der Waals surface area contributed by atoms with Crippen LogP contribution in [-0.4, -0.2) is 50.2 Å². The van der Waals surface area contributed by atoms with Crippen molar-refractivity contribution in [3.8, 4) is 23.0 Å². The van der Waals surface area contributed by atoms with Gasteiger partial charge >= 0.3 is 0 Å². The third-order valence-corrected chi connectivity index (χ3v) is 4.79. The Kier molecular flexibility index (Phi) is 6.89. The summed E-state index contributed by atoms with van der Waals surface area (Å²) >= 11 is 6.28. The van der Waals surface area contributed by atoms with Crippen LogP contribution in [0.25, 0.3) is 0 Å². The lowest BCUT2D eigenvalue weighted by molar-refractivity contribution is -0.119. The van der Waals surface area contributed by atoms with Crippen LogP contribution in [0.4, 0.5) is 0 Å². The van der Waals surface area contributed by atoms with Gasteiger partial charge in [0, 0.05) is 24.2 Å². The van der Waals surface area contributed by atoms with Crippen LogP contribution < -0.4 is 24.7 Å². The fraction of sp³-hybridized carbons (Fsp3) is 0.333. The van der Waals surface area contributed by atoms with Gasteiger partial charge in [0.15, 0.2) is 29.6 Å². The number of hydrogen-bond donors (Lipinski definition) is 1. The van der Waals surface area contributed by atoms with E-state index >= 15 is 0 Å². The van der Waals surface area contributed by atoms with E-state index in [9.17, 15) is 9.59 Å². The molecule has 2 aromatic rings. The predicted molar refractivity (Wildman–Crippen MR) is 111 cm³/mol. The molecule has 0 aliphatic carbocycles. The minimum absolute atomic E-state index is 0.142. The van der Waals surface area contributed by atoms with Crippen LogP contribution in [0, 0.1) is 0 Å². The molecule has 0 saturated carbocycles. The average molecular weight is 435 g/mol. The summed E-state index contributed by atoms with van der Waals surface area (Å²) in [6.45, 7) is 3.28. The lowest BCUT2D eigenvalue weighted by atomic mass is 10.1. The normalized spacial score (nSPS) is 12.2. The average Bonchev–Trinajstić information content (AvgIpc) is 2.75. The Labute approximate surface area is 179 Å². The molecule has 160 valence electrons. The summed E-state index contributed by atoms with van der Waals surface area (Å²) in [5.41, 5.74) is 6.29. The van der Waals surface area contributed by atoms with Crippen molar-refractivity contribution in [3.63, 3.8) is 0 Å². The second-order valence-electron chi connectivity index (χ2n) is 6.51. The van der Waals surface area contributed by atoms with Gasteiger partial charge in [-0.15, -0.1) is 0 Å². The van der Waals surface area contributed by atoms with Crippen molar-refractivity contribution < 1.29 is 28.5 Å². The minimum Gasteiger partial charge on any atom is -0.493 e. The van der Waals surface area contributed by atoms with E-state index < -0.39 is 5.91 Å². The van der Waals surface area contributed by atoms with E-state index in [0.717, 1.165) is 5.56 Å². The Balaban J connectivity index is 1.85. The number of para-hydroxylation sites is 1. The number of carbonyl (C=O) groups is 2. The molecule has 30 heavy (non-hydrogen) atoms. The number of primary amides is 1. The third-order valence-electron chi connectivity index (χ3n) is 4.51. The zero-order valence-electron chi connectivity index (χ0n) is 16.8. The van der Waals surface area contributed by atoms with Crippen molar-refractivity contribution in [3.05, 3.63) is 46.5 Å². The number of ether oxygens (including phenoxy) is 4. The topological polar surface area (TPSA) is 100 Å². The van der Waals surface area contributed by atoms with Crippen LogP contribution in [0.1, 0.15) is 22.8 Å². The summed E-state index contributed by atoms with van der Waals surface area (Å²) in [7, 11) is 1.42. The van der Waals surface area contributed by atoms with Crippen molar-refractivity contribution in [2.75, 3.05) is 33.5 Å². The predicted octanol–water partition coefficient (Wildman–Crippen LogP) is 2.65. The van der Waals surface area contributed by atoms with Gasteiger partial charge in [0.05, 0.1) is 12.1 Å². The number of hydrogen-bond acceptors (Lipinski definition) is 6. The molecule has 0 radical (unpaired) electrons. The fourth-order valence-corrected chi connectivity index (χ4v) is 3.37. The van der Waals surface area contributed by atoms with Gasteiger partial charge in [-0.1, -0.05) is 23.7 Å². The number of rotatable bonds is 8. The summed E-state index contributed by atoms with van der Waals surface area (Å²) in [4.78, 5) is 25.8. The highest BCUT2D eigenvalue weighted by atomic mass is 35.5. The second kappa shape index (κ2) is 9.58. The lowest BCUT2D eigenvalue weighted by Gasteiger charge is -2.25. The van der Waals surface area contributed by atoms with Gasteiger partial charge in [0.2, 0.25) is 0 Å². The Morgan fingerprint density at radius 1 is 1.23 bits per heavy atom. The van der Waals surface area contributed by atoms with Gasteiger partial charge < -0.3 is 29.6 Å². The van der Waals surface area contributed by atoms with Crippen LogP contribution in [0.5, 0.6) is 23.0 Å². The van der Waals surface area contributed by atoms with E-state index in [1.807, 2.05) is 25.1 Å². The molecule has 1 aliphatic heterocycles. The van der Waals surface area contributed by atoms with Crippen molar-refractivity contribution >= 4 is 23.4 Å². The number of nitrogens with two attached hydrogens (primary N) is 1. The highest BCUT2D eigenvalue weighted by molar-refractivity contribution is 6.32. The largest absolute Gasteiger partial charge is 0.493 e. The van der Waals surface area contributed by atoms with E-state index in [0.29, 0.717) is 43.4 Å². The smallest absolute Gasteiger partial charge is 0.255 e. The maximum atomic E-state index is 13.2. The number of benzene rings is 2. The first-order valence-corrected chi connectivity index (χ1v) is 9.77. The first kappa shape index (κ1) is 21.6. The zero-order valence-corrected chi connectivity index (χ0v) is 17.5. The lowest BCUT2D eigenvalue weighted by Crippen LogP contribution is -2.31. The molecule has 8 nitrogen and oxygen atoms in total. The molecule has 0 spiro atoms.